The quantitative estimate of drug-likeness (QED) is 0.211. The van der Waals surface area contributed by atoms with E-state index in [1.54, 1.807) is 0 Å². The molecule has 4 aromatic rings. The number of rotatable bonds is 10. The van der Waals surface area contributed by atoms with Crippen molar-refractivity contribution in [2.45, 2.75) is 29.3 Å². The third-order valence-electron chi connectivity index (χ3n) is 5.57. The van der Waals surface area contributed by atoms with E-state index in [2.05, 4.69) is 14.7 Å². The zero-order chi connectivity index (χ0) is 28.5. The van der Waals surface area contributed by atoms with E-state index < -0.39 is 43.8 Å². The average Bonchev–Trinajstić information content (AvgIpc) is 3.28. The topological polar surface area (TPSA) is 153 Å². The van der Waals surface area contributed by atoms with Gasteiger partial charge in [-0.25, -0.2) is 13.2 Å². The van der Waals surface area contributed by atoms with Crippen LogP contribution in [0.2, 0.25) is 0 Å². The Bertz CT molecular complexity index is 1670. The molecule has 0 fully saturated rings. The number of nitrogens with zero attached hydrogens (tertiary/aromatic N) is 3. The molecule has 11 nitrogen and oxygen atoms in total. The van der Waals surface area contributed by atoms with Gasteiger partial charge in [-0.1, -0.05) is 6.07 Å². The van der Waals surface area contributed by atoms with E-state index in [9.17, 15) is 31.7 Å². The number of aromatic carboxylic acids is 1. The Morgan fingerprint density at radius 2 is 1.88 bits per heavy atom. The molecule has 0 bridgehead atoms. The molecule has 40 heavy (non-hydrogen) atoms. The summed E-state index contributed by atoms with van der Waals surface area (Å²) < 4.78 is 83.1. The van der Waals surface area contributed by atoms with Crippen molar-refractivity contribution < 1.29 is 45.9 Å². The van der Waals surface area contributed by atoms with Crippen molar-refractivity contribution in [1.29, 1.82) is 0 Å². The van der Waals surface area contributed by atoms with Gasteiger partial charge in [-0.05, 0) is 36.8 Å². The normalized spacial score (nSPS) is 12.2. The molecule has 0 saturated carbocycles. The molecule has 4 rings (SSSR count). The van der Waals surface area contributed by atoms with Crippen LogP contribution in [0.25, 0.3) is 11.0 Å². The van der Waals surface area contributed by atoms with Crippen molar-refractivity contribution in [1.82, 2.24) is 13.9 Å². The Balaban J connectivity index is 0.00000441. The monoisotopic (exact) mass is 604 g/mol. The van der Waals surface area contributed by atoms with Crippen LogP contribution in [0.1, 0.15) is 21.6 Å². The summed E-state index contributed by atoms with van der Waals surface area (Å²) in [5.41, 5.74) is -0.131. The zero-order valence-corrected chi connectivity index (χ0v) is 25.3. The summed E-state index contributed by atoms with van der Waals surface area (Å²) in [6.45, 7) is -1.74. The van der Waals surface area contributed by atoms with Crippen molar-refractivity contribution in [3.8, 4) is 17.2 Å². The van der Waals surface area contributed by atoms with Crippen molar-refractivity contribution in [3.63, 3.8) is 0 Å². The fourth-order valence-electron chi connectivity index (χ4n) is 3.82. The second kappa shape index (κ2) is 12.7. The van der Waals surface area contributed by atoms with Gasteiger partial charge >= 0.3 is 17.7 Å². The smallest absolute Gasteiger partial charge is 0.387 e. The maximum absolute atomic E-state index is 14.0. The van der Waals surface area contributed by atoms with E-state index in [4.69, 9.17) is 9.47 Å². The maximum Gasteiger partial charge on any atom is 0.387 e. The SMILES string of the molecule is COc1ccnc(C[S+]([O-])c2nc3ccc(OC(F)F)cc3n2S(=O)(=O)c2cc(C(=O)O)ccc2C)c1OC.[Na]. The molecule has 2 aromatic heterocycles. The summed E-state index contributed by atoms with van der Waals surface area (Å²) in [6.07, 6.45) is 1.39. The minimum absolute atomic E-state index is 0. The first kappa shape index (κ1) is 31.6. The third kappa shape index (κ3) is 6.19. The number of hydrogen-bond donors (Lipinski definition) is 1. The Labute approximate surface area is 252 Å². The fraction of sp³-hybridized carbons (Fsp3) is 0.208. The van der Waals surface area contributed by atoms with Gasteiger partial charge in [-0.2, -0.15) is 17.7 Å². The molecule has 1 unspecified atom stereocenters. The summed E-state index contributed by atoms with van der Waals surface area (Å²) in [6, 6.07) is 8.44. The molecule has 1 radical (unpaired) electrons. The number of pyridine rings is 1. The standard InChI is InChI=1S/C24H21F2N3O8S2.Na/c1-13-4-5-14(22(30)31)10-20(13)39(33,34)29-18-11-15(37-23(25)26)6-7-16(18)28-24(29)38(32)12-17-21(36-3)19(35-2)8-9-27-17;/h4-11,23H,12H2,1-3H3,(H,30,31);. The molecule has 0 aliphatic heterocycles. The van der Waals surface area contributed by atoms with Crippen molar-refractivity contribution in [3.05, 3.63) is 65.5 Å². The summed E-state index contributed by atoms with van der Waals surface area (Å²) >= 11 is -2.19. The number of imidazole rings is 1. The Kier molecular flexibility index (Phi) is 10.0. The maximum atomic E-state index is 14.0. The van der Waals surface area contributed by atoms with Crippen LogP contribution in [-0.2, 0) is 27.0 Å². The molecule has 0 aliphatic carbocycles. The van der Waals surface area contributed by atoms with Gasteiger partial charge in [0.1, 0.15) is 11.4 Å². The van der Waals surface area contributed by atoms with Crippen LogP contribution in [-0.4, -0.2) is 88.4 Å². The van der Waals surface area contributed by atoms with Crippen LogP contribution in [0.4, 0.5) is 8.78 Å². The molecule has 1 atom stereocenters. The number of halogens is 2. The van der Waals surface area contributed by atoms with Crippen LogP contribution in [0.3, 0.4) is 0 Å². The van der Waals surface area contributed by atoms with Gasteiger partial charge in [0, 0.05) is 59.1 Å². The molecule has 0 aliphatic rings. The van der Waals surface area contributed by atoms with Gasteiger partial charge in [0.05, 0.1) is 35.7 Å². The first-order valence-corrected chi connectivity index (χ1v) is 13.7. The molecule has 2 aromatic carbocycles. The molecular formula is C24H21F2N3NaO8S2. The van der Waals surface area contributed by atoms with E-state index >= 15 is 0 Å². The van der Waals surface area contributed by atoms with E-state index in [0.29, 0.717) is 9.72 Å². The number of fused-ring (bicyclic) bond motifs is 1. The van der Waals surface area contributed by atoms with E-state index in [1.807, 2.05) is 0 Å². The zero-order valence-electron chi connectivity index (χ0n) is 21.6. The predicted octanol–water partition coefficient (Wildman–Crippen LogP) is 3.22. The largest absolute Gasteiger partial charge is 0.609 e. The van der Waals surface area contributed by atoms with Gasteiger partial charge < -0.3 is 23.9 Å². The van der Waals surface area contributed by atoms with Gasteiger partial charge in [0.25, 0.3) is 10.0 Å². The minimum atomic E-state index is -4.67. The van der Waals surface area contributed by atoms with Crippen LogP contribution in [0.15, 0.2) is 58.7 Å². The Hall–Kier alpha value is -2.95. The fourth-order valence-corrected chi connectivity index (χ4v) is 7.02. The number of carbonyl (C=O) groups is 1. The van der Waals surface area contributed by atoms with Crippen LogP contribution in [0, 0.1) is 6.92 Å². The van der Waals surface area contributed by atoms with Crippen molar-refractivity contribution in [2.24, 2.45) is 0 Å². The van der Waals surface area contributed by atoms with E-state index in [-0.39, 0.29) is 74.7 Å². The summed E-state index contributed by atoms with van der Waals surface area (Å²) in [5, 5.41) is 8.96. The molecule has 207 valence electrons. The minimum Gasteiger partial charge on any atom is -0.609 e. The molecule has 16 heteroatoms. The van der Waals surface area contributed by atoms with Crippen molar-refractivity contribution >= 4 is 67.8 Å². The summed E-state index contributed by atoms with van der Waals surface area (Å²) in [7, 11) is -1.92. The number of aromatic nitrogens is 3. The number of aryl methyl sites for hydroxylation is 1. The Morgan fingerprint density at radius 1 is 1.15 bits per heavy atom. The van der Waals surface area contributed by atoms with Gasteiger partial charge in [0.15, 0.2) is 17.3 Å². The third-order valence-corrected chi connectivity index (χ3v) is 8.75. The van der Waals surface area contributed by atoms with Crippen LogP contribution < -0.4 is 14.2 Å². The second-order valence-electron chi connectivity index (χ2n) is 7.96. The summed E-state index contributed by atoms with van der Waals surface area (Å²) in [4.78, 5) is 19.5. The van der Waals surface area contributed by atoms with Crippen LogP contribution >= 0.6 is 0 Å². The second-order valence-corrected chi connectivity index (χ2v) is 11.1. The summed E-state index contributed by atoms with van der Waals surface area (Å²) in [5.74, 6) is -1.60. The Morgan fingerprint density at radius 3 is 2.50 bits per heavy atom. The number of hydrogen-bond acceptors (Lipinski definition) is 9. The van der Waals surface area contributed by atoms with Gasteiger partial charge in [-0.3, -0.25) is 4.98 Å². The number of alkyl halides is 2. The van der Waals surface area contributed by atoms with E-state index in [0.717, 1.165) is 18.2 Å². The molecule has 1 N–H and O–H groups in total. The predicted molar refractivity (Wildman–Crippen MR) is 140 cm³/mol. The van der Waals surface area contributed by atoms with Crippen LogP contribution in [0.5, 0.6) is 17.2 Å². The van der Waals surface area contributed by atoms with Gasteiger partial charge in [-0.15, -0.1) is 0 Å². The first-order valence-electron chi connectivity index (χ1n) is 11.0. The first-order chi connectivity index (χ1) is 18.5. The molecule has 2 heterocycles. The number of carboxylic acids is 1. The van der Waals surface area contributed by atoms with Crippen molar-refractivity contribution in [2.75, 3.05) is 14.2 Å². The average molecular weight is 605 g/mol. The van der Waals surface area contributed by atoms with Gasteiger partial charge in [0.2, 0.25) is 0 Å². The number of ether oxygens (including phenoxy) is 3. The molecule has 0 spiro atoms. The molecule has 0 saturated heterocycles. The number of methoxy groups -OCH3 is 2. The molecular weight excluding hydrogens is 583 g/mol. The molecule has 0 amide bonds. The number of carboxylic acid groups (broad SMARTS) is 1. The number of benzene rings is 2. The van der Waals surface area contributed by atoms with E-state index in [1.165, 1.54) is 51.6 Å².